The Hall–Kier alpha value is -3.05. The maximum absolute atomic E-state index is 12.5. The number of halogens is 1. The van der Waals surface area contributed by atoms with E-state index in [9.17, 15) is 9.59 Å². The zero-order chi connectivity index (χ0) is 19.4. The largest absolute Gasteiger partial charge is 0.466 e. The van der Waals surface area contributed by atoms with E-state index in [1.807, 2.05) is 30.3 Å². The highest BCUT2D eigenvalue weighted by molar-refractivity contribution is 6.30. The molecule has 0 bridgehead atoms. The van der Waals surface area contributed by atoms with E-state index in [2.05, 4.69) is 0 Å². The smallest absolute Gasteiger partial charge is 0.336 e. The zero-order valence-electron chi connectivity index (χ0n) is 14.9. The molecular formula is C21H18ClNO4. The number of anilines is 1. The summed E-state index contributed by atoms with van der Waals surface area (Å²) in [6.07, 6.45) is 3.35. The Kier molecular flexibility index (Phi) is 5.62. The van der Waals surface area contributed by atoms with Crippen LogP contribution in [0.2, 0.25) is 5.02 Å². The van der Waals surface area contributed by atoms with Gasteiger partial charge in [0.15, 0.2) is 0 Å². The van der Waals surface area contributed by atoms with Crippen LogP contribution in [0, 0.1) is 0 Å². The molecule has 5 nitrogen and oxygen atoms in total. The molecule has 1 aliphatic heterocycles. The zero-order valence-corrected chi connectivity index (χ0v) is 15.6. The average Bonchev–Trinajstić information content (AvgIpc) is 2.73. The van der Waals surface area contributed by atoms with Crippen molar-refractivity contribution in [2.24, 2.45) is 0 Å². The molecule has 0 spiro atoms. The first-order valence-electron chi connectivity index (χ1n) is 8.24. The molecule has 0 radical (unpaired) electrons. The van der Waals surface area contributed by atoms with Gasteiger partial charge in [-0.25, -0.2) is 9.59 Å². The lowest BCUT2D eigenvalue weighted by atomic mass is 9.83. The van der Waals surface area contributed by atoms with Crippen molar-refractivity contribution < 1.29 is 19.1 Å². The Morgan fingerprint density at radius 1 is 0.852 bits per heavy atom. The summed E-state index contributed by atoms with van der Waals surface area (Å²) in [5.74, 6) is -1.67. The quantitative estimate of drug-likeness (QED) is 0.745. The van der Waals surface area contributed by atoms with Crippen molar-refractivity contribution in [3.63, 3.8) is 0 Å². The van der Waals surface area contributed by atoms with Gasteiger partial charge in [0.2, 0.25) is 0 Å². The Morgan fingerprint density at radius 2 is 1.37 bits per heavy atom. The molecule has 2 aromatic rings. The van der Waals surface area contributed by atoms with Gasteiger partial charge in [0, 0.05) is 23.1 Å². The second-order valence-corrected chi connectivity index (χ2v) is 6.32. The average molecular weight is 384 g/mol. The molecule has 27 heavy (non-hydrogen) atoms. The number of carbonyl (C=O) groups excluding carboxylic acids is 2. The SMILES string of the molecule is COC(=O)C1=CN(c2ccccc2)C=C(C(=O)OC)C1c1ccc(Cl)cc1. The van der Waals surface area contributed by atoms with Gasteiger partial charge in [0.1, 0.15) is 0 Å². The summed E-state index contributed by atoms with van der Waals surface area (Å²) in [5.41, 5.74) is 2.19. The van der Waals surface area contributed by atoms with E-state index in [0.29, 0.717) is 16.2 Å². The first kappa shape index (κ1) is 18.7. The van der Waals surface area contributed by atoms with Gasteiger partial charge in [-0.3, -0.25) is 0 Å². The third-order valence-corrected chi connectivity index (χ3v) is 4.53. The number of methoxy groups -OCH3 is 2. The molecule has 6 heteroatoms. The van der Waals surface area contributed by atoms with Crippen LogP contribution in [-0.2, 0) is 19.1 Å². The van der Waals surface area contributed by atoms with Gasteiger partial charge in [0.25, 0.3) is 0 Å². The number of para-hydroxylation sites is 1. The summed E-state index contributed by atoms with van der Waals surface area (Å²) in [6, 6.07) is 16.4. The molecule has 0 aromatic heterocycles. The summed E-state index contributed by atoms with van der Waals surface area (Å²) < 4.78 is 9.94. The minimum Gasteiger partial charge on any atom is -0.466 e. The Labute approximate surface area is 162 Å². The molecule has 2 aromatic carbocycles. The van der Waals surface area contributed by atoms with Crippen LogP contribution in [0.4, 0.5) is 5.69 Å². The topological polar surface area (TPSA) is 55.8 Å². The van der Waals surface area contributed by atoms with Crippen LogP contribution >= 0.6 is 11.6 Å². The third-order valence-electron chi connectivity index (χ3n) is 4.28. The lowest BCUT2D eigenvalue weighted by molar-refractivity contribution is -0.137. The van der Waals surface area contributed by atoms with Gasteiger partial charge >= 0.3 is 11.9 Å². The Bertz CT molecular complexity index is 870. The Balaban J connectivity index is 2.16. The molecule has 0 saturated carbocycles. The summed E-state index contributed by atoms with van der Waals surface area (Å²) >= 11 is 5.99. The number of rotatable bonds is 4. The normalized spacial score (nSPS) is 14.3. The molecule has 138 valence electrons. The summed E-state index contributed by atoms with van der Waals surface area (Å²) in [6.45, 7) is 0. The van der Waals surface area contributed by atoms with Gasteiger partial charge in [-0.2, -0.15) is 0 Å². The van der Waals surface area contributed by atoms with Crippen LogP contribution in [0.1, 0.15) is 11.5 Å². The van der Waals surface area contributed by atoms with Gasteiger partial charge in [-0.05, 0) is 29.8 Å². The van der Waals surface area contributed by atoms with Crippen molar-refractivity contribution in [3.8, 4) is 0 Å². The maximum Gasteiger partial charge on any atom is 0.336 e. The van der Waals surface area contributed by atoms with Gasteiger partial charge < -0.3 is 14.4 Å². The first-order valence-corrected chi connectivity index (χ1v) is 8.62. The standard InChI is InChI=1S/C21H18ClNO4/c1-26-20(24)17-12-23(16-6-4-3-5-7-16)13-18(21(25)27-2)19(17)14-8-10-15(22)11-9-14/h3-13,19H,1-2H3. The van der Waals surface area contributed by atoms with Crippen LogP contribution in [0.15, 0.2) is 78.1 Å². The third kappa shape index (κ3) is 3.88. The highest BCUT2D eigenvalue weighted by Gasteiger charge is 2.35. The van der Waals surface area contributed by atoms with Crippen molar-refractivity contribution in [1.82, 2.24) is 0 Å². The van der Waals surface area contributed by atoms with Crippen LogP contribution in [0.25, 0.3) is 0 Å². The number of benzene rings is 2. The number of hydrogen-bond donors (Lipinski definition) is 0. The van der Waals surface area contributed by atoms with E-state index in [0.717, 1.165) is 11.3 Å². The van der Waals surface area contributed by atoms with Crippen LogP contribution in [-0.4, -0.2) is 26.2 Å². The Morgan fingerprint density at radius 3 is 1.85 bits per heavy atom. The lowest BCUT2D eigenvalue weighted by Gasteiger charge is -2.30. The number of carbonyl (C=O) groups is 2. The lowest BCUT2D eigenvalue weighted by Crippen LogP contribution is -2.28. The van der Waals surface area contributed by atoms with E-state index in [-0.39, 0.29) is 0 Å². The van der Waals surface area contributed by atoms with Crippen molar-refractivity contribution in [2.45, 2.75) is 5.92 Å². The highest BCUT2D eigenvalue weighted by Crippen LogP contribution is 2.38. The molecule has 0 saturated heterocycles. The van der Waals surface area contributed by atoms with Gasteiger partial charge in [-0.1, -0.05) is 41.9 Å². The summed E-state index contributed by atoms with van der Waals surface area (Å²) in [4.78, 5) is 26.8. The fraction of sp³-hybridized carbons (Fsp3) is 0.143. The minimum atomic E-state index is -0.623. The fourth-order valence-corrected chi connectivity index (χ4v) is 3.12. The number of hydrogen-bond acceptors (Lipinski definition) is 5. The van der Waals surface area contributed by atoms with Crippen molar-refractivity contribution in [1.29, 1.82) is 0 Å². The van der Waals surface area contributed by atoms with E-state index in [1.165, 1.54) is 14.2 Å². The van der Waals surface area contributed by atoms with Crippen LogP contribution in [0.3, 0.4) is 0 Å². The predicted molar refractivity (Wildman–Crippen MR) is 103 cm³/mol. The summed E-state index contributed by atoms with van der Waals surface area (Å²) in [7, 11) is 2.62. The van der Waals surface area contributed by atoms with E-state index in [1.54, 1.807) is 41.6 Å². The monoisotopic (exact) mass is 383 g/mol. The highest BCUT2D eigenvalue weighted by atomic mass is 35.5. The van der Waals surface area contributed by atoms with Gasteiger partial charge in [-0.15, -0.1) is 0 Å². The van der Waals surface area contributed by atoms with Crippen molar-refractivity contribution in [2.75, 3.05) is 19.1 Å². The maximum atomic E-state index is 12.5. The van der Waals surface area contributed by atoms with E-state index < -0.39 is 17.9 Å². The molecule has 0 fully saturated rings. The molecule has 0 aliphatic carbocycles. The molecule has 1 heterocycles. The van der Waals surface area contributed by atoms with Gasteiger partial charge in [0.05, 0.1) is 31.3 Å². The fourth-order valence-electron chi connectivity index (χ4n) is 2.99. The predicted octanol–water partition coefficient (Wildman–Crippen LogP) is 4.06. The van der Waals surface area contributed by atoms with E-state index >= 15 is 0 Å². The van der Waals surface area contributed by atoms with Crippen LogP contribution < -0.4 is 4.90 Å². The number of ether oxygens (including phenoxy) is 2. The molecule has 0 unspecified atom stereocenters. The van der Waals surface area contributed by atoms with Crippen molar-refractivity contribution >= 4 is 29.2 Å². The second-order valence-electron chi connectivity index (χ2n) is 5.88. The molecular weight excluding hydrogens is 366 g/mol. The van der Waals surface area contributed by atoms with Crippen LogP contribution in [0.5, 0.6) is 0 Å². The molecule has 0 N–H and O–H groups in total. The number of nitrogens with zero attached hydrogens (tertiary/aromatic N) is 1. The first-order chi connectivity index (χ1) is 13.0. The minimum absolute atomic E-state index is 0.326. The molecule has 1 aliphatic rings. The number of esters is 2. The van der Waals surface area contributed by atoms with E-state index in [4.69, 9.17) is 21.1 Å². The molecule has 0 atom stereocenters. The molecule has 0 amide bonds. The second kappa shape index (κ2) is 8.10. The van der Waals surface area contributed by atoms with Crippen molar-refractivity contribution in [3.05, 3.63) is 88.7 Å². The summed E-state index contributed by atoms with van der Waals surface area (Å²) in [5, 5.41) is 0.563. The molecule has 3 rings (SSSR count).